The number of ketones is 1. The number of nitrogens with one attached hydrogen (secondary N) is 1. The third kappa shape index (κ3) is 3.67. The summed E-state index contributed by atoms with van der Waals surface area (Å²) >= 11 is 7.38. The van der Waals surface area contributed by atoms with E-state index in [1.807, 2.05) is 49.4 Å². The number of halogens is 1. The van der Waals surface area contributed by atoms with Gasteiger partial charge in [0, 0.05) is 16.3 Å². The number of anilines is 3. The van der Waals surface area contributed by atoms with Crippen LogP contribution in [0.15, 0.2) is 42.5 Å². The number of carbonyl (C=O) groups excluding carboxylic acids is 1. The van der Waals surface area contributed by atoms with Gasteiger partial charge in [-0.15, -0.1) is 0 Å². The van der Waals surface area contributed by atoms with Gasteiger partial charge >= 0.3 is 0 Å². The molecule has 0 aliphatic carbocycles. The van der Waals surface area contributed by atoms with Crippen LogP contribution >= 0.6 is 22.9 Å². The van der Waals surface area contributed by atoms with Gasteiger partial charge in [-0.05, 0) is 36.6 Å². The monoisotopic (exact) mass is 371 g/mol. The van der Waals surface area contributed by atoms with Gasteiger partial charge in [0.05, 0.1) is 0 Å². The molecule has 0 saturated carbocycles. The molecule has 0 atom stereocenters. The third-order valence-corrected chi connectivity index (χ3v) is 5.39. The smallest absolute Gasteiger partial charge is 0.206 e. The Morgan fingerprint density at radius 1 is 1.24 bits per heavy atom. The Kier molecular flexibility index (Phi) is 5.06. The summed E-state index contributed by atoms with van der Waals surface area (Å²) in [5.41, 5.74) is 9.52. The number of thiazole rings is 1. The number of nitrogen functional groups attached to an aromatic ring is 1. The highest BCUT2D eigenvalue weighted by molar-refractivity contribution is 7.18. The Hall–Kier alpha value is -2.37. The first-order valence-corrected chi connectivity index (χ1v) is 9.11. The quantitative estimate of drug-likeness (QED) is 0.603. The number of hydrogen-bond acceptors (Lipinski definition) is 5. The van der Waals surface area contributed by atoms with E-state index in [-0.39, 0.29) is 11.6 Å². The molecule has 0 unspecified atom stereocenters. The van der Waals surface area contributed by atoms with Crippen molar-refractivity contribution < 1.29 is 4.79 Å². The van der Waals surface area contributed by atoms with Crippen LogP contribution < -0.4 is 11.1 Å². The van der Waals surface area contributed by atoms with Gasteiger partial charge in [-0.1, -0.05) is 60.2 Å². The van der Waals surface area contributed by atoms with E-state index in [0.717, 1.165) is 17.7 Å². The van der Waals surface area contributed by atoms with Gasteiger partial charge < -0.3 is 11.1 Å². The van der Waals surface area contributed by atoms with Gasteiger partial charge in [0.25, 0.3) is 0 Å². The third-order valence-electron chi connectivity index (χ3n) is 3.99. The van der Waals surface area contributed by atoms with Gasteiger partial charge in [-0.25, -0.2) is 4.98 Å². The zero-order valence-electron chi connectivity index (χ0n) is 14.0. The second-order valence-corrected chi connectivity index (χ2v) is 7.06. The average molecular weight is 372 g/mol. The summed E-state index contributed by atoms with van der Waals surface area (Å²) in [4.78, 5) is 17.4. The lowest BCUT2D eigenvalue weighted by Gasteiger charge is -2.07. The van der Waals surface area contributed by atoms with E-state index in [1.165, 1.54) is 16.9 Å². The summed E-state index contributed by atoms with van der Waals surface area (Å²) in [5, 5.41) is 4.42. The lowest BCUT2D eigenvalue weighted by molar-refractivity contribution is 0.104. The highest BCUT2D eigenvalue weighted by Gasteiger charge is 2.18. The van der Waals surface area contributed by atoms with Crippen molar-refractivity contribution in [2.45, 2.75) is 20.3 Å². The Morgan fingerprint density at radius 2 is 1.96 bits per heavy atom. The summed E-state index contributed by atoms with van der Waals surface area (Å²) in [7, 11) is 0. The number of nitrogens with zero attached hydrogens (tertiary/aromatic N) is 1. The minimum Gasteiger partial charge on any atom is -0.382 e. The SMILES string of the molecule is CCc1ccc(C(=O)c2sc(Nc3cccc(Cl)c3C)nc2N)cc1. The summed E-state index contributed by atoms with van der Waals surface area (Å²) in [6, 6.07) is 13.2. The van der Waals surface area contributed by atoms with E-state index >= 15 is 0 Å². The number of carbonyl (C=O) groups is 1. The molecule has 0 bridgehead atoms. The molecule has 1 aromatic heterocycles. The highest BCUT2D eigenvalue weighted by Crippen LogP contribution is 2.32. The average Bonchev–Trinajstić information content (AvgIpc) is 2.99. The molecule has 25 heavy (non-hydrogen) atoms. The molecular weight excluding hydrogens is 354 g/mol. The van der Waals surface area contributed by atoms with Crippen LogP contribution in [0.25, 0.3) is 0 Å². The topological polar surface area (TPSA) is 68.0 Å². The second-order valence-electron chi connectivity index (χ2n) is 5.65. The Morgan fingerprint density at radius 3 is 2.64 bits per heavy atom. The molecule has 2 aromatic carbocycles. The first-order valence-electron chi connectivity index (χ1n) is 7.91. The van der Waals surface area contributed by atoms with Crippen molar-refractivity contribution in [2.24, 2.45) is 0 Å². The van der Waals surface area contributed by atoms with E-state index in [4.69, 9.17) is 17.3 Å². The van der Waals surface area contributed by atoms with Crippen molar-refractivity contribution in [2.75, 3.05) is 11.1 Å². The minimum atomic E-state index is -0.117. The van der Waals surface area contributed by atoms with Crippen LogP contribution in [0.1, 0.15) is 33.3 Å². The van der Waals surface area contributed by atoms with E-state index < -0.39 is 0 Å². The number of rotatable bonds is 5. The largest absolute Gasteiger partial charge is 0.382 e. The first kappa shape index (κ1) is 17.5. The zero-order valence-corrected chi connectivity index (χ0v) is 15.5. The normalized spacial score (nSPS) is 10.7. The number of aryl methyl sites for hydroxylation is 1. The molecule has 128 valence electrons. The van der Waals surface area contributed by atoms with E-state index in [0.29, 0.717) is 20.6 Å². The maximum Gasteiger partial charge on any atom is 0.206 e. The fourth-order valence-electron chi connectivity index (χ4n) is 2.43. The molecule has 1 heterocycles. The van der Waals surface area contributed by atoms with Gasteiger partial charge in [-0.2, -0.15) is 0 Å². The molecule has 0 aliphatic rings. The molecule has 3 rings (SSSR count). The first-order chi connectivity index (χ1) is 12.0. The summed E-state index contributed by atoms with van der Waals surface area (Å²) in [5.74, 6) is 0.116. The van der Waals surface area contributed by atoms with Crippen LogP contribution in [0.3, 0.4) is 0 Å². The molecule has 4 nitrogen and oxygen atoms in total. The molecular formula is C19H18ClN3OS. The molecule has 6 heteroatoms. The van der Waals surface area contributed by atoms with Crippen LogP contribution in [0.4, 0.5) is 16.6 Å². The summed E-state index contributed by atoms with van der Waals surface area (Å²) in [6.07, 6.45) is 0.935. The number of nitrogens with two attached hydrogens (primary N) is 1. The van der Waals surface area contributed by atoms with E-state index in [9.17, 15) is 4.79 Å². The van der Waals surface area contributed by atoms with Crippen molar-refractivity contribution in [3.8, 4) is 0 Å². The number of benzene rings is 2. The van der Waals surface area contributed by atoms with E-state index in [1.54, 1.807) is 0 Å². The van der Waals surface area contributed by atoms with Crippen molar-refractivity contribution in [1.29, 1.82) is 0 Å². The van der Waals surface area contributed by atoms with E-state index in [2.05, 4.69) is 17.2 Å². The summed E-state index contributed by atoms with van der Waals surface area (Å²) in [6.45, 7) is 4.00. The molecule has 3 aromatic rings. The number of hydrogen-bond donors (Lipinski definition) is 2. The Bertz CT molecular complexity index is 919. The van der Waals surface area contributed by atoms with Crippen molar-refractivity contribution in [1.82, 2.24) is 4.98 Å². The molecule has 0 amide bonds. The van der Waals surface area contributed by atoms with Crippen LogP contribution in [0.5, 0.6) is 0 Å². The highest BCUT2D eigenvalue weighted by atomic mass is 35.5. The van der Waals surface area contributed by atoms with Crippen LogP contribution in [-0.2, 0) is 6.42 Å². The van der Waals surface area contributed by atoms with Gasteiger partial charge in [0.2, 0.25) is 5.78 Å². The molecule has 0 aliphatic heterocycles. The molecule has 0 fully saturated rings. The van der Waals surface area contributed by atoms with Crippen LogP contribution in [0, 0.1) is 6.92 Å². The Labute approximate surface area is 155 Å². The van der Waals surface area contributed by atoms with Crippen molar-refractivity contribution >= 4 is 45.4 Å². The minimum absolute atomic E-state index is 0.117. The van der Waals surface area contributed by atoms with Crippen molar-refractivity contribution in [3.05, 3.63) is 69.1 Å². The fourth-order valence-corrected chi connectivity index (χ4v) is 3.46. The molecule has 0 radical (unpaired) electrons. The molecule has 0 saturated heterocycles. The standard InChI is InChI=1S/C19H18ClN3OS/c1-3-12-7-9-13(10-8-12)16(24)17-18(21)23-19(25-17)22-15-6-4-5-14(20)11(15)2/h4-10H,3,21H2,1-2H3,(H,22,23). The molecule has 3 N–H and O–H groups in total. The van der Waals surface area contributed by atoms with Crippen molar-refractivity contribution in [3.63, 3.8) is 0 Å². The van der Waals surface area contributed by atoms with Crippen LogP contribution in [0.2, 0.25) is 5.02 Å². The van der Waals surface area contributed by atoms with Gasteiger partial charge in [-0.3, -0.25) is 4.79 Å². The lowest BCUT2D eigenvalue weighted by Crippen LogP contribution is -2.02. The zero-order chi connectivity index (χ0) is 18.0. The maximum atomic E-state index is 12.7. The van der Waals surface area contributed by atoms with Gasteiger partial charge in [0.1, 0.15) is 10.7 Å². The maximum absolute atomic E-state index is 12.7. The Balaban J connectivity index is 1.86. The molecule has 0 spiro atoms. The van der Waals surface area contributed by atoms with Crippen LogP contribution in [-0.4, -0.2) is 10.8 Å². The summed E-state index contributed by atoms with van der Waals surface area (Å²) < 4.78 is 0. The number of aromatic nitrogens is 1. The lowest BCUT2D eigenvalue weighted by atomic mass is 10.1. The second kappa shape index (κ2) is 7.25. The fraction of sp³-hybridized carbons (Fsp3) is 0.158. The predicted octanol–water partition coefficient (Wildman–Crippen LogP) is 5.22. The van der Waals surface area contributed by atoms with Gasteiger partial charge in [0.15, 0.2) is 5.13 Å². The predicted molar refractivity (Wildman–Crippen MR) is 105 cm³/mol.